The van der Waals surface area contributed by atoms with Crippen LogP contribution in [-0.2, 0) is 23.5 Å². The van der Waals surface area contributed by atoms with Crippen LogP contribution in [0.5, 0.6) is 5.75 Å². The van der Waals surface area contributed by atoms with Gasteiger partial charge in [0.15, 0.2) is 5.16 Å². The number of hydrogen-bond donors (Lipinski definition) is 2. The van der Waals surface area contributed by atoms with Gasteiger partial charge in [0.2, 0.25) is 5.91 Å². The van der Waals surface area contributed by atoms with Crippen molar-refractivity contribution in [3.05, 3.63) is 87.6 Å². The third kappa shape index (κ3) is 6.46. The average Bonchev–Trinajstić information content (AvgIpc) is 2.72. The third-order valence-corrected chi connectivity index (χ3v) is 5.00. The minimum absolute atomic E-state index is 0.00415. The number of nitrogens with one attached hydrogen (secondary N) is 2. The molecule has 0 spiro atoms. The molecule has 0 bridgehead atoms. The van der Waals surface area contributed by atoms with Crippen LogP contribution < -0.4 is 15.6 Å². The Hall–Kier alpha value is -3.13. The summed E-state index contributed by atoms with van der Waals surface area (Å²) in [6.45, 7) is 0.373. The Bertz CT molecular complexity index is 1020. The van der Waals surface area contributed by atoms with E-state index < -0.39 is 0 Å². The van der Waals surface area contributed by atoms with Crippen LogP contribution in [0.3, 0.4) is 0 Å². The molecule has 0 aliphatic heterocycles. The topological polar surface area (TPSA) is 84.1 Å². The highest BCUT2D eigenvalue weighted by molar-refractivity contribution is 7.98. The summed E-state index contributed by atoms with van der Waals surface area (Å²) in [7, 11) is 1.59. The maximum atomic E-state index is 13.0. The first-order chi connectivity index (χ1) is 14.0. The van der Waals surface area contributed by atoms with Gasteiger partial charge in [-0.1, -0.05) is 36.0 Å². The van der Waals surface area contributed by atoms with E-state index in [1.165, 1.54) is 30.0 Å². The van der Waals surface area contributed by atoms with Crippen molar-refractivity contribution >= 4 is 17.7 Å². The highest BCUT2D eigenvalue weighted by atomic mass is 32.2. The SMILES string of the molecule is COc1ccc(CNC(=O)Cc2cc(=O)[nH]c(SCc3ccc(F)cc3)n2)cc1. The van der Waals surface area contributed by atoms with Gasteiger partial charge in [0.25, 0.3) is 5.56 Å². The maximum Gasteiger partial charge on any atom is 0.251 e. The van der Waals surface area contributed by atoms with Crippen molar-refractivity contribution in [2.75, 3.05) is 7.11 Å². The van der Waals surface area contributed by atoms with Gasteiger partial charge in [0.05, 0.1) is 19.2 Å². The molecule has 0 unspecified atom stereocenters. The van der Waals surface area contributed by atoms with E-state index in [9.17, 15) is 14.0 Å². The largest absolute Gasteiger partial charge is 0.497 e. The maximum absolute atomic E-state index is 13.0. The van der Waals surface area contributed by atoms with Crippen LogP contribution in [0.1, 0.15) is 16.8 Å². The van der Waals surface area contributed by atoms with Gasteiger partial charge < -0.3 is 15.0 Å². The fourth-order valence-electron chi connectivity index (χ4n) is 2.55. The number of carbonyl (C=O) groups excluding carboxylic acids is 1. The summed E-state index contributed by atoms with van der Waals surface area (Å²) < 4.78 is 18.1. The molecule has 6 nitrogen and oxygen atoms in total. The second-order valence-corrected chi connectivity index (χ2v) is 7.22. The van der Waals surface area contributed by atoms with Crippen molar-refractivity contribution in [2.24, 2.45) is 0 Å². The number of aromatic amines is 1. The lowest BCUT2D eigenvalue weighted by Gasteiger charge is -2.07. The molecule has 2 aromatic carbocycles. The molecule has 0 fully saturated rings. The lowest BCUT2D eigenvalue weighted by molar-refractivity contribution is -0.120. The lowest BCUT2D eigenvalue weighted by Crippen LogP contribution is -2.25. The number of methoxy groups -OCH3 is 1. The second-order valence-electron chi connectivity index (χ2n) is 6.26. The second kappa shape index (κ2) is 9.88. The van der Waals surface area contributed by atoms with E-state index >= 15 is 0 Å². The molecule has 1 heterocycles. The third-order valence-electron chi connectivity index (χ3n) is 4.05. The quantitative estimate of drug-likeness (QED) is 0.438. The van der Waals surface area contributed by atoms with Gasteiger partial charge in [0.1, 0.15) is 11.6 Å². The minimum Gasteiger partial charge on any atom is -0.497 e. The summed E-state index contributed by atoms with van der Waals surface area (Å²) in [5.41, 5.74) is 1.91. The number of thioether (sulfide) groups is 1. The molecule has 0 radical (unpaired) electrons. The zero-order chi connectivity index (χ0) is 20.6. The highest BCUT2D eigenvalue weighted by Gasteiger charge is 2.08. The van der Waals surface area contributed by atoms with Crippen LogP contribution in [0.4, 0.5) is 4.39 Å². The van der Waals surface area contributed by atoms with Crippen LogP contribution >= 0.6 is 11.8 Å². The fourth-order valence-corrected chi connectivity index (χ4v) is 3.40. The Kier molecular flexibility index (Phi) is 7.02. The summed E-state index contributed by atoms with van der Waals surface area (Å²) in [5, 5.41) is 3.23. The minimum atomic E-state index is -0.320. The Labute approximate surface area is 171 Å². The van der Waals surface area contributed by atoms with Crippen molar-refractivity contribution in [3.63, 3.8) is 0 Å². The Morgan fingerprint density at radius 1 is 1.14 bits per heavy atom. The van der Waals surface area contributed by atoms with Crippen molar-refractivity contribution < 1.29 is 13.9 Å². The first-order valence-corrected chi connectivity index (χ1v) is 9.87. The van der Waals surface area contributed by atoms with Crippen molar-refractivity contribution in [2.45, 2.75) is 23.9 Å². The molecule has 0 saturated carbocycles. The van der Waals surface area contributed by atoms with E-state index in [0.717, 1.165) is 16.9 Å². The van der Waals surface area contributed by atoms with Crippen molar-refractivity contribution in [1.82, 2.24) is 15.3 Å². The number of nitrogens with zero attached hydrogens (tertiary/aromatic N) is 1. The summed E-state index contributed by atoms with van der Waals surface area (Å²) in [6, 6.07) is 14.8. The number of ether oxygens (including phenoxy) is 1. The Balaban J connectivity index is 1.56. The molecule has 150 valence electrons. The molecule has 0 atom stereocenters. The number of hydrogen-bond acceptors (Lipinski definition) is 5. The van der Waals surface area contributed by atoms with Crippen molar-refractivity contribution in [1.29, 1.82) is 0 Å². The van der Waals surface area contributed by atoms with E-state index in [-0.39, 0.29) is 23.7 Å². The molecule has 29 heavy (non-hydrogen) atoms. The highest BCUT2D eigenvalue weighted by Crippen LogP contribution is 2.18. The molecule has 1 amide bonds. The van der Waals surface area contributed by atoms with E-state index in [1.54, 1.807) is 19.2 Å². The molecule has 0 saturated heterocycles. The lowest BCUT2D eigenvalue weighted by atomic mass is 10.2. The smallest absolute Gasteiger partial charge is 0.251 e. The van der Waals surface area contributed by atoms with Gasteiger partial charge in [-0.15, -0.1) is 0 Å². The van der Waals surface area contributed by atoms with Gasteiger partial charge >= 0.3 is 0 Å². The average molecular weight is 413 g/mol. The predicted molar refractivity (Wildman–Crippen MR) is 109 cm³/mol. The van der Waals surface area contributed by atoms with Gasteiger partial charge in [-0.25, -0.2) is 9.37 Å². The number of halogens is 1. The molecule has 0 aliphatic carbocycles. The number of aromatic nitrogens is 2. The van der Waals surface area contributed by atoms with Gasteiger partial charge in [-0.3, -0.25) is 9.59 Å². The van der Waals surface area contributed by atoms with Crippen LogP contribution in [0, 0.1) is 5.82 Å². The molecule has 0 aliphatic rings. The standard InChI is InChI=1S/C21H20FN3O3S/c1-28-18-8-4-14(5-9-18)12-23-19(26)10-17-11-20(27)25-21(24-17)29-13-15-2-6-16(22)7-3-15/h2-9,11H,10,12-13H2,1H3,(H,23,26)(H,24,25,27). The molecule has 2 N–H and O–H groups in total. The van der Waals surface area contributed by atoms with Gasteiger partial charge in [0, 0.05) is 18.4 Å². The number of carbonyl (C=O) groups is 1. The van der Waals surface area contributed by atoms with E-state index in [2.05, 4.69) is 15.3 Å². The first kappa shape index (κ1) is 20.6. The number of H-pyrrole nitrogens is 1. The van der Waals surface area contributed by atoms with Gasteiger partial charge in [-0.05, 0) is 35.4 Å². The monoisotopic (exact) mass is 413 g/mol. The predicted octanol–water partition coefficient (Wildman–Crippen LogP) is 3.07. The van der Waals surface area contributed by atoms with Gasteiger partial charge in [-0.2, -0.15) is 0 Å². The summed E-state index contributed by atoms with van der Waals surface area (Å²) >= 11 is 1.32. The van der Waals surface area contributed by atoms with E-state index in [1.807, 2.05) is 24.3 Å². The normalized spacial score (nSPS) is 10.6. The van der Waals surface area contributed by atoms with E-state index in [0.29, 0.717) is 23.1 Å². The molecule has 1 aromatic heterocycles. The number of rotatable bonds is 8. The van der Waals surface area contributed by atoms with Crippen LogP contribution in [0.15, 0.2) is 64.5 Å². The molecular weight excluding hydrogens is 393 g/mol. The Morgan fingerprint density at radius 3 is 2.52 bits per heavy atom. The van der Waals surface area contributed by atoms with Crippen LogP contribution in [0.2, 0.25) is 0 Å². The van der Waals surface area contributed by atoms with E-state index in [4.69, 9.17) is 4.74 Å². The zero-order valence-corrected chi connectivity index (χ0v) is 16.6. The molecule has 3 aromatic rings. The number of amides is 1. The first-order valence-electron chi connectivity index (χ1n) is 8.89. The fraction of sp³-hybridized carbons (Fsp3) is 0.190. The summed E-state index contributed by atoms with van der Waals surface area (Å²) in [4.78, 5) is 31.1. The van der Waals surface area contributed by atoms with Crippen LogP contribution in [-0.4, -0.2) is 23.0 Å². The molecular formula is C21H20FN3O3S. The summed E-state index contributed by atoms with van der Waals surface area (Å²) in [5.74, 6) is 0.746. The van der Waals surface area contributed by atoms with Crippen molar-refractivity contribution in [3.8, 4) is 5.75 Å². The molecule has 3 rings (SSSR count). The van der Waals surface area contributed by atoms with Crippen LogP contribution in [0.25, 0.3) is 0 Å². The zero-order valence-electron chi connectivity index (χ0n) is 15.8. The summed E-state index contributed by atoms with van der Waals surface area (Å²) in [6.07, 6.45) is 0.00415. The molecule has 8 heteroatoms. The number of benzene rings is 2. The Morgan fingerprint density at radius 2 is 1.83 bits per heavy atom.